The molecule has 3 N–H and O–H groups in total. The molecule has 0 aromatic heterocycles. The third kappa shape index (κ3) is 8.66. The van der Waals surface area contributed by atoms with E-state index < -0.39 is 10.0 Å². The lowest BCUT2D eigenvalue weighted by atomic mass is 10.1. The molecule has 0 aliphatic heterocycles. The number of nitrogens with one attached hydrogen (secondary N) is 3. The summed E-state index contributed by atoms with van der Waals surface area (Å²) in [4.78, 5) is 12.3. The third-order valence-corrected chi connectivity index (χ3v) is 4.99. The first-order valence-electron chi connectivity index (χ1n) is 9.92. The summed E-state index contributed by atoms with van der Waals surface area (Å²) >= 11 is 3.37. The maximum absolute atomic E-state index is 12.3. The van der Waals surface area contributed by atoms with Crippen molar-refractivity contribution in [2.24, 2.45) is 0 Å². The van der Waals surface area contributed by atoms with Gasteiger partial charge in [-0.15, -0.1) is 0 Å². The molecule has 2 amide bonds. The molecular weight excluding hydrogens is 486 g/mol. The second-order valence-electron chi connectivity index (χ2n) is 6.85. The van der Waals surface area contributed by atoms with Crippen LogP contribution in [-0.4, -0.2) is 33.9 Å². The van der Waals surface area contributed by atoms with Gasteiger partial charge in [-0.1, -0.05) is 35.8 Å². The second-order valence-corrected chi connectivity index (χ2v) is 9.51. The van der Waals surface area contributed by atoms with Gasteiger partial charge in [-0.3, -0.25) is 4.72 Å². The molecule has 0 spiro atoms. The number of anilines is 2. The number of rotatable bonds is 11. The Kier molecular flexibility index (Phi) is 9.44. The SMILES string of the molecule is CCCOc1cc(NS(C)(=O)=O)c(OCCC)cc1CNC(=O)Nc1cccc(Br)c1. The summed E-state index contributed by atoms with van der Waals surface area (Å²) in [6, 6.07) is 10.2. The van der Waals surface area contributed by atoms with Gasteiger partial charge in [0.1, 0.15) is 11.5 Å². The van der Waals surface area contributed by atoms with Gasteiger partial charge in [-0.2, -0.15) is 0 Å². The van der Waals surface area contributed by atoms with E-state index in [1.807, 2.05) is 26.0 Å². The molecule has 0 aliphatic rings. The van der Waals surface area contributed by atoms with Crippen LogP contribution in [0.4, 0.5) is 16.2 Å². The van der Waals surface area contributed by atoms with E-state index in [0.29, 0.717) is 41.7 Å². The Hall–Kier alpha value is -2.46. The lowest BCUT2D eigenvalue weighted by molar-refractivity contribution is 0.251. The molecule has 0 atom stereocenters. The first-order chi connectivity index (χ1) is 14.7. The van der Waals surface area contributed by atoms with Gasteiger partial charge in [0.15, 0.2) is 0 Å². The number of amides is 2. The summed E-state index contributed by atoms with van der Waals surface area (Å²) in [5.74, 6) is 0.847. The smallest absolute Gasteiger partial charge is 0.319 e. The van der Waals surface area contributed by atoms with E-state index in [0.717, 1.165) is 23.6 Å². The Morgan fingerprint density at radius 1 is 1.03 bits per heavy atom. The Bertz CT molecular complexity index is 999. The maximum Gasteiger partial charge on any atom is 0.319 e. The van der Waals surface area contributed by atoms with E-state index >= 15 is 0 Å². The predicted molar refractivity (Wildman–Crippen MR) is 126 cm³/mol. The number of benzene rings is 2. The van der Waals surface area contributed by atoms with Crippen LogP contribution in [0.15, 0.2) is 40.9 Å². The topological polar surface area (TPSA) is 106 Å². The van der Waals surface area contributed by atoms with Gasteiger partial charge in [-0.05, 0) is 37.1 Å². The molecule has 8 nitrogen and oxygen atoms in total. The van der Waals surface area contributed by atoms with Crippen LogP contribution in [0, 0.1) is 0 Å². The van der Waals surface area contributed by atoms with Crippen LogP contribution < -0.4 is 24.8 Å². The number of ether oxygens (including phenoxy) is 2. The molecule has 0 unspecified atom stereocenters. The number of hydrogen-bond donors (Lipinski definition) is 3. The molecule has 10 heteroatoms. The van der Waals surface area contributed by atoms with Gasteiger partial charge in [0, 0.05) is 28.3 Å². The van der Waals surface area contributed by atoms with Crippen LogP contribution in [0.5, 0.6) is 11.5 Å². The third-order valence-electron chi connectivity index (χ3n) is 3.90. The van der Waals surface area contributed by atoms with Crippen LogP contribution in [-0.2, 0) is 16.6 Å². The van der Waals surface area contributed by atoms with Crippen molar-refractivity contribution >= 4 is 43.4 Å². The van der Waals surface area contributed by atoms with Crippen molar-refractivity contribution in [2.75, 3.05) is 29.5 Å². The first-order valence-corrected chi connectivity index (χ1v) is 12.6. The minimum absolute atomic E-state index is 0.167. The lowest BCUT2D eigenvalue weighted by Crippen LogP contribution is -2.28. The van der Waals surface area contributed by atoms with Crippen LogP contribution in [0.2, 0.25) is 0 Å². The van der Waals surface area contributed by atoms with Crippen LogP contribution in [0.25, 0.3) is 0 Å². The van der Waals surface area contributed by atoms with E-state index in [1.165, 1.54) is 0 Å². The standard InChI is InChI=1S/C21H28BrN3O5S/c1-4-9-29-19-13-18(25-31(3,27)28)20(30-10-5-2)11-15(19)14-23-21(26)24-17-8-6-7-16(22)12-17/h6-8,11-13,25H,4-5,9-10,14H2,1-3H3,(H2,23,24,26). The van der Waals surface area contributed by atoms with Gasteiger partial charge in [-0.25, -0.2) is 13.2 Å². The molecule has 2 rings (SSSR count). The van der Waals surface area contributed by atoms with Gasteiger partial charge < -0.3 is 20.1 Å². The molecule has 31 heavy (non-hydrogen) atoms. The minimum atomic E-state index is -3.51. The van der Waals surface area contributed by atoms with E-state index in [9.17, 15) is 13.2 Å². The van der Waals surface area contributed by atoms with E-state index in [2.05, 4.69) is 31.3 Å². The van der Waals surface area contributed by atoms with Gasteiger partial charge in [0.25, 0.3) is 0 Å². The van der Waals surface area contributed by atoms with Crippen LogP contribution >= 0.6 is 15.9 Å². The summed E-state index contributed by atoms with van der Waals surface area (Å²) in [6.45, 7) is 4.96. The number of carbonyl (C=O) groups is 1. The highest BCUT2D eigenvalue weighted by atomic mass is 79.9. The Morgan fingerprint density at radius 2 is 1.71 bits per heavy atom. The maximum atomic E-state index is 12.3. The van der Waals surface area contributed by atoms with Crippen molar-refractivity contribution in [2.45, 2.75) is 33.2 Å². The first kappa shape index (κ1) is 24.8. The fraction of sp³-hybridized carbons (Fsp3) is 0.381. The Balaban J connectivity index is 2.24. The molecule has 0 saturated carbocycles. The monoisotopic (exact) mass is 513 g/mol. The van der Waals surface area contributed by atoms with E-state index in [4.69, 9.17) is 9.47 Å². The molecule has 0 radical (unpaired) electrons. The van der Waals surface area contributed by atoms with Crippen molar-refractivity contribution < 1.29 is 22.7 Å². The molecule has 170 valence electrons. The Morgan fingerprint density at radius 3 is 2.32 bits per heavy atom. The summed E-state index contributed by atoms with van der Waals surface area (Å²) in [5.41, 5.74) is 1.61. The molecule has 0 aliphatic carbocycles. The van der Waals surface area contributed by atoms with Gasteiger partial charge in [0.05, 0.1) is 25.2 Å². The average molecular weight is 514 g/mol. The zero-order chi connectivity index (χ0) is 22.9. The van der Waals surface area contributed by atoms with Crippen molar-refractivity contribution in [3.63, 3.8) is 0 Å². The number of sulfonamides is 1. The number of hydrogen-bond acceptors (Lipinski definition) is 5. The molecule has 2 aromatic carbocycles. The molecule has 0 bridgehead atoms. The van der Waals surface area contributed by atoms with Crippen molar-refractivity contribution in [3.05, 3.63) is 46.4 Å². The summed E-state index contributed by atoms with van der Waals surface area (Å²) in [5, 5.41) is 5.56. The minimum Gasteiger partial charge on any atom is -0.493 e. The fourth-order valence-electron chi connectivity index (χ4n) is 2.61. The highest BCUT2D eigenvalue weighted by Crippen LogP contribution is 2.34. The lowest BCUT2D eigenvalue weighted by Gasteiger charge is -2.18. The van der Waals surface area contributed by atoms with E-state index in [-0.39, 0.29) is 12.6 Å². The predicted octanol–water partition coefficient (Wildman–Crippen LogP) is 4.72. The van der Waals surface area contributed by atoms with Crippen molar-refractivity contribution in [1.82, 2.24) is 5.32 Å². The summed E-state index contributed by atoms with van der Waals surface area (Å²) in [6.07, 6.45) is 2.61. The Labute approximate surface area is 191 Å². The molecule has 0 fully saturated rings. The summed E-state index contributed by atoms with van der Waals surface area (Å²) < 4.78 is 38.4. The van der Waals surface area contributed by atoms with Gasteiger partial charge in [0.2, 0.25) is 10.0 Å². The zero-order valence-electron chi connectivity index (χ0n) is 17.8. The largest absolute Gasteiger partial charge is 0.493 e. The number of halogens is 1. The zero-order valence-corrected chi connectivity index (χ0v) is 20.2. The quantitative estimate of drug-likeness (QED) is 0.403. The number of urea groups is 1. The van der Waals surface area contributed by atoms with Crippen molar-refractivity contribution in [3.8, 4) is 11.5 Å². The molecule has 2 aromatic rings. The van der Waals surface area contributed by atoms with Crippen LogP contribution in [0.3, 0.4) is 0 Å². The molecule has 0 saturated heterocycles. The fourth-order valence-corrected chi connectivity index (χ4v) is 3.57. The second kappa shape index (κ2) is 11.8. The molecule has 0 heterocycles. The van der Waals surface area contributed by atoms with Gasteiger partial charge >= 0.3 is 6.03 Å². The number of carbonyl (C=O) groups excluding carboxylic acids is 1. The van der Waals surface area contributed by atoms with Crippen molar-refractivity contribution in [1.29, 1.82) is 0 Å². The average Bonchev–Trinajstić information content (AvgIpc) is 2.69. The van der Waals surface area contributed by atoms with Crippen LogP contribution in [0.1, 0.15) is 32.3 Å². The van der Waals surface area contributed by atoms with E-state index in [1.54, 1.807) is 24.3 Å². The normalized spacial score (nSPS) is 11.0. The highest BCUT2D eigenvalue weighted by molar-refractivity contribution is 9.10. The molecular formula is C21H28BrN3O5S. The highest BCUT2D eigenvalue weighted by Gasteiger charge is 2.16. The summed E-state index contributed by atoms with van der Waals surface area (Å²) in [7, 11) is -3.51.